The Morgan fingerprint density at radius 3 is 2.69 bits per heavy atom. The highest BCUT2D eigenvalue weighted by atomic mass is 16.2. The Labute approximate surface area is 98.8 Å². The number of piperazine rings is 1. The lowest BCUT2D eigenvalue weighted by Gasteiger charge is -2.48. The van der Waals surface area contributed by atoms with Crippen LogP contribution in [0.1, 0.15) is 40.0 Å². The van der Waals surface area contributed by atoms with Crippen molar-refractivity contribution in [3.05, 3.63) is 0 Å². The van der Waals surface area contributed by atoms with Crippen LogP contribution in [-0.4, -0.2) is 47.4 Å². The lowest BCUT2D eigenvalue weighted by molar-refractivity contribution is -0.141. The molecule has 2 rings (SSSR count). The maximum Gasteiger partial charge on any atom is 0.225 e. The predicted molar refractivity (Wildman–Crippen MR) is 65.2 cm³/mol. The second-order valence-electron chi connectivity index (χ2n) is 5.64. The minimum atomic E-state index is 0.137. The Bertz CT molecular complexity index is 265. The largest absolute Gasteiger partial charge is 0.337 e. The summed E-state index contributed by atoms with van der Waals surface area (Å²) in [5.74, 6) is 0.468. The molecule has 3 nitrogen and oxygen atoms in total. The van der Waals surface area contributed by atoms with Crippen molar-refractivity contribution in [1.29, 1.82) is 0 Å². The molecule has 0 aromatic heterocycles. The Balaban J connectivity index is 2.03. The highest BCUT2D eigenvalue weighted by Crippen LogP contribution is 2.24. The van der Waals surface area contributed by atoms with Crippen LogP contribution in [0.3, 0.4) is 0 Å². The summed E-state index contributed by atoms with van der Waals surface area (Å²) in [6.07, 6.45) is 3.94. The molecule has 92 valence electrons. The fraction of sp³-hybridized carbons (Fsp3) is 0.923. The molecule has 3 heteroatoms. The van der Waals surface area contributed by atoms with Gasteiger partial charge < -0.3 is 4.90 Å². The number of hydrogen-bond acceptors (Lipinski definition) is 2. The average Bonchev–Trinajstić information content (AvgIpc) is 2.27. The maximum absolute atomic E-state index is 12.1. The highest BCUT2D eigenvalue weighted by molar-refractivity contribution is 5.78. The van der Waals surface area contributed by atoms with Gasteiger partial charge in [-0.3, -0.25) is 9.69 Å². The third kappa shape index (κ3) is 2.24. The number of rotatable bonds is 1. The van der Waals surface area contributed by atoms with Gasteiger partial charge in [-0.15, -0.1) is 0 Å². The van der Waals surface area contributed by atoms with Crippen LogP contribution in [0, 0.1) is 5.92 Å². The number of hydrogen-bond donors (Lipinski definition) is 0. The van der Waals surface area contributed by atoms with Crippen LogP contribution in [0.25, 0.3) is 0 Å². The van der Waals surface area contributed by atoms with Crippen molar-refractivity contribution >= 4 is 5.91 Å². The molecule has 1 amide bonds. The van der Waals surface area contributed by atoms with Gasteiger partial charge in [0.25, 0.3) is 0 Å². The summed E-state index contributed by atoms with van der Waals surface area (Å²) in [4.78, 5) is 16.8. The number of carbonyl (C=O) groups excluding carboxylic acids is 1. The van der Waals surface area contributed by atoms with E-state index in [-0.39, 0.29) is 5.92 Å². The second kappa shape index (κ2) is 4.74. The smallest absolute Gasteiger partial charge is 0.225 e. The van der Waals surface area contributed by atoms with Crippen LogP contribution < -0.4 is 0 Å². The molecule has 2 fully saturated rings. The van der Waals surface area contributed by atoms with E-state index in [1.807, 2.05) is 13.8 Å². The molecule has 0 bridgehead atoms. The zero-order chi connectivity index (χ0) is 11.7. The summed E-state index contributed by atoms with van der Waals surface area (Å²) in [6, 6.07) is 1.02. The van der Waals surface area contributed by atoms with Crippen LogP contribution in [0.5, 0.6) is 0 Å². The van der Waals surface area contributed by atoms with Crippen LogP contribution >= 0.6 is 0 Å². The van der Waals surface area contributed by atoms with E-state index < -0.39 is 0 Å². The molecule has 2 aliphatic rings. The van der Waals surface area contributed by atoms with E-state index in [4.69, 9.17) is 0 Å². The Morgan fingerprint density at radius 1 is 1.25 bits per heavy atom. The van der Waals surface area contributed by atoms with Gasteiger partial charge in [0.15, 0.2) is 0 Å². The molecule has 0 radical (unpaired) electrons. The van der Waals surface area contributed by atoms with E-state index >= 15 is 0 Å². The van der Waals surface area contributed by atoms with Crippen molar-refractivity contribution in [3.63, 3.8) is 0 Å². The van der Waals surface area contributed by atoms with Gasteiger partial charge in [-0.05, 0) is 26.3 Å². The van der Waals surface area contributed by atoms with Crippen molar-refractivity contribution in [3.8, 4) is 0 Å². The lowest BCUT2D eigenvalue weighted by Crippen LogP contribution is -2.60. The second-order valence-corrected chi connectivity index (χ2v) is 5.64. The first-order valence-corrected chi connectivity index (χ1v) is 6.64. The average molecular weight is 224 g/mol. The molecule has 2 unspecified atom stereocenters. The van der Waals surface area contributed by atoms with E-state index in [2.05, 4.69) is 16.7 Å². The van der Waals surface area contributed by atoms with Crippen molar-refractivity contribution in [2.45, 2.75) is 52.1 Å². The third-order valence-corrected chi connectivity index (χ3v) is 3.96. The van der Waals surface area contributed by atoms with E-state index in [0.717, 1.165) is 13.1 Å². The molecular weight excluding hydrogens is 200 g/mol. The monoisotopic (exact) mass is 224 g/mol. The number of piperidine rings is 1. The van der Waals surface area contributed by atoms with Crippen LogP contribution in [0.2, 0.25) is 0 Å². The Hall–Kier alpha value is -0.570. The minimum Gasteiger partial charge on any atom is -0.337 e. The van der Waals surface area contributed by atoms with Crippen molar-refractivity contribution in [1.82, 2.24) is 9.80 Å². The molecule has 2 atom stereocenters. The standard InChI is InChI=1S/C13H24N2O/c1-10(2)13(16)15-9-12-6-4-5-7-14(12)8-11(15)3/h10-12H,4-9H2,1-3H3. The van der Waals surface area contributed by atoms with Gasteiger partial charge in [0.05, 0.1) is 0 Å². The van der Waals surface area contributed by atoms with E-state index in [1.54, 1.807) is 0 Å². The normalized spacial score (nSPS) is 31.6. The van der Waals surface area contributed by atoms with Crippen molar-refractivity contribution in [2.24, 2.45) is 5.92 Å². The van der Waals surface area contributed by atoms with E-state index in [1.165, 1.54) is 25.8 Å². The summed E-state index contributed by atoms with van der Waals surface area (Å²) in [6.45, 7) is 9.45. The molecule has 0 aliphatic carbocycles. The summed E-state index contributed by atoms with van der Waals surface area (Å²) in [5.41, 5.74) is 0. The first kappa shape index (κ1) is 11.9. The third-order valence-electron chi connectivity index (χ3n) is 3.96. The first-order chi connectivity index (χ1) is 7.59. The van der Waals surface area contributed by atoms with Crippen LogP contribution in [-0.2, 0) is 4.79 Å². The number of carbonyl (C=O) groups is 1. The summed E-state index contributed by atoms with van der Waals surface area (Å²) >= 11 is 0. The topological polar surface area (TPSA) is 23.6 Å². The van der Waals surface area contributed by atoms with Crippen LogP contribution in [0.4, 0.5) is 0 Å². The maximum atomic E-state index is 12.1. The zero-order valence-corrected chi connectivity index (χ0v) is 10.8. The quantitative estimate of drug-likeness (QED) is 0.677. The fourth-order valence-electron chi connectivity index (χ4n) is 2.99. The number of nitrogens with zero attached hydrogens (tertiary/aromatic N) is 2. The molecule has 0 N–H and O–H groups in total. The van der Waals surface area contributed by atoms with Gasteiger partial charge in [-0.2, -0.15) is 0 Å². The molecule has 0 spiro atoms. The SMILES string of the molecule is CC(C)C(=O)N1CC2CCCCN2CC1C. The molecule has 0 aromatic rings. The molecule has 0 aromatic carbocycles. The van der Waals surface area contributed by atoms with Gasteiger partial charge in [0, 0.05) is 31.1 Å². The van der Waals surface area contributed by atoms with Gasteiger partial charge in [0.1, 0.15) is 0 Å². The molecule has 2 heterocycles. The zero-order valence-electron chi connectivity index (χ0n) is 10.8. The van der Waals surface area contributed by atoms with Gasteiger partial charge in [-0.1, -0.05) is 20.3 Å². The molecule has 0 saturated carbocycles. The van der Waals surface area contributed by atoms with Gasteiger partial charge >= 0.3 is 0 Å². The summed E-state index contributed by atoms with van der Waals surface area (Å²) < 4.78 is 0. The first-order valence-electron chi connectivity index (χ1n) is 6.64. The highest BCUT2D eigenvalue weighted by Gasteiger charge is 2.35. The molecular formula is C13H24N2O. The Morgan fingerprint density at radius 2 is 2.00 bits per heavy atom. The molecule has 2 aliphatic heterocycles. The van der Waals surface area contributed by atoms with Crippen LogP contribution in [0.15, 0.2) is 0 Å². The fourth-order valence-corrected chi connectivity index (χ4v) is 2.99. The summed E-state index contributed by atoms with van der Waals surface area (Å²) in [5, 5.41) is 0. The van der Waals surface area contributed by atoms with E-state index in [9.17, 15) is 4.79 Å². The number of fused-ring (bicyclic) bond motifs is 1. The summed E-state index contributed by atoms with van der Waals surface area (Å²) in [7, 11) is 0. The van der Waals surface area contributed by atoms with E-state index in [0.29, 0.717) is 18.0 Å². The number of amides is 1. The predicted octanol–water partition coefficient (Wildman–Crippen LogP) is 1.73. The van der Waals surface area contributed by atoms with Crippen molar-refractivity contribution in [2.75, 3.05) is 19.6 Å². The van der Waals surface area contributed by atoms with Crippen molar-refractivity contribution < 1.29 is 4.79 Å². The van der Waals surface area contributed by atoms with Gasteiger partial charge in [-0.25, -0.2) is 0 Å². The molecule has 16 heavy (non-hydrogen) atoms. The van der Waals surface area contributed by atoms with Gasteiger partial charge in [0.2, 0.25) is 5.91 Å². The Kier molecular flexibility index (Phi) is 3.53. The minimum absolute atomic E-state index is 0.137. The molecule has 2 saturated heterocycles. The lowest BCUT2D eigenvalue weighted by atomic mass is 9.96.